The zero-order valence-electron chi connectivity index (χ0n) is 10.3. The molecule has 0 radical (unpaired) electrons. The molecule has 6 heteroatoms. The molecular weight excluding hydrogens is 240 g/mol. The first kappa shape index (κ1) is 12.1. The Bertz CT molecular complexity index is 490. The van der Waals surface area contributed by atoms with Crippen molar-refractivity contribution >= 4 is 23.7 Å². The van der Waals surface area contributed by atoms with Gasteiger partial charge in [0.2, 0.25) is 0 Å². The van der Waals surface area contributed by atoms with Crippen LogP contribution in [0.25, 0.3) is 0 Å². The average molecular weight is 256 g/mol. The lowest BCUT2D eigenvalue weighted by atomic mass is 10.3. The lowest BCUT2D eigenvalue weighted by Gasteiger charge is -2.07. The standard InChI is InChI=1S/C11H16ClN4O/c1-14(2)11(17)10-9(12)8-7-15(3)5-4-6-16(8)13-10/h7H,4-6H2,1-3H3/q+1. The van der Waals surface area contributed by atoms with Gasteiger partial charge in [0.1, 0.15) is 24.3 Å². The number of amides is 1. The van der Waals surface area contributed by atoms with Crippen molar-refractivity contribution in [3.05, 3.63) is 16.4 Å². The smallest absolute Gasteiger partial charge is 0.275 e. The van der Waals surface area contributed by atoms with Gasteiger partial charge in [-0.1, -0.05) is 11.6 Å². The Morgan fingerprint density at radius 3 is 2.94 bits per heavy atom. The van der Waals surface area contributed by atoms with E-state index in [4.69, 9.17) is 11.6 Å². The highest BCUT2D eigenvalue weighted by Crippen LogP contribution is 2.21. The summed E-state index contributed by atoms with van der Waals surface area (Å²) in [6, 6.07) is 0. The maximum Gasteiger partial charge on any atom is 0.275 e. The molecule has 0 aliphatic carbocycles. The SMILES string of the molecule is CN(C)C(=O)c1nn2c(c1Cl)C=[N+](C)CCC2. The van der Waals surface area contributed by atoms with Crippen molar-refractivity contribution in [1.29, 1.82) is 0 Å². The fraction of sp³-hybridized carbons (Fsp3) is 0.545. The fourth-order valence-corrected chi connectivity index (χ4v) is 2.10. The summed E-state index contributed by atoms with van der Waals surface area (Å²) >= 11 is 6.23. The summed E-state index contributed by atoms with van der Waals surface area (Å²) in [4.78, 5) is 13.4. The van der Waals surface area contributed by atoms with Crippen molar-refractivity contribution in [3.8, 4) is 0 Å². The van der Waals surface area contributed by atoms with E-state index in [2.05, 4.69) is 9.67 Å². The molecule has 0 N–H and O–H groups in total. The minimum Gasteiger partial charge on any atom is -0.343 e. The van der Waals surface area contributed by atoms with Gasteiger partial charge >= 0.3 is 0 Å². The van der Waals surface area contributed by atoms with E-state index in [-0.39, 0.29) is 5.91 Å². The number of halogens is 1. The highest BCUT2D eigenvalue weighted by Gasteiger charge is 2.25. The first-order valence-electron chi connectivity index (χ1n) is 5.53. The molecule has 5 nitrogen and oxygen atoms in total. The first-order valence-corrected chi connectivity index (χ1v) is 5.91. The number of aromatic nitrogens is 2. The van der Waals surface area contributed by atoms with E-state index >= 15 is 0 Å². The summed E-state index contributed by atoms with van der Waals surface area (Å²) in [5.74, 6) is -0.161. The molecule has 0 atom stereocenters. The van der Waals surface area contributed by atoms with Gasteiger partial charge in [-0.2, -0.15) is 5.10 Å². The van der Waals surface area contributed by atoms with E-state index in [1.165, 1.54) is 4.90 Å². The van der Waals surface area contributed by atoms with Gasteiger partial charge in [0.25, 0.3) is 5.91 Å². The molecule has 2 heterocycles. The summed E-state index contributed by atoms with van der Waals surface area (Å²) in [6.45, 7) is 1.76. The molecule has 0 unspecified atom stereocenters. The third kappa shape index (κ3) is 2.20. The van der Waals surface area contributed by atoms with Gasteiger partial charge in [0.05, 0.1) is 0 Å². The Labute approximate surface area is 105 Å². The van der Waals surface area contributed by atoms with Crippen molar-refractivity contribution in [2.24, 2.45) is 0 Å². The molecule has 0 saturated heterocycles. The van der Waals surface area contributed by atoms with Crippen LogP contribution in [0.2, 0.25) is 5.02 Å². The minimum absolute atomic E-state index is 0.161. The van der Waals surface area contributed by atoms with Crippen LogP contribution in [-0.4, -0.2) is 59.1 Å². The molecular formula is C11H16ClN4O+. The third-order valence-electron chi connectivity index (χ3n) is 2.76. The van der Waals surface area contributed by atoms with Crippen molar-refractivity contribution in [3.63, 3.8) is 0 Å². The molecule has 1 aliphatic rings. The van der Waals surface area contributed by atoms with Gasteiger partial charge in [-0.25, -0.2) is 4.58 Å². The number of aryl methyl sites for hydroxylation is 1. The molecule has 0 spiro atoms. The van der Waals surface area contributed by atoms with E-state index in [0.717, 1.165) is 25.2 Å². The lowest BCUT2D eigenvalue weighted by Crippen LogP contribution is -2.22. The Kier molecular flexibility index (Phi) is 3.19. The second-order valence-electron chi connectivity index (χ2n) is 4.43. The maximum atomic E-state index is 11.9. The van der Waals surface area contributed by atoms with E-state index in [1.807, 2.05) is 17.9 Å². The second kappa shape index (κ2) is 4.49. The van der Waals surface area contributed by atoms with Crippen LogP contribution in [0.1, 0.15) is 22.6 Å². The minimum atomic E-state index is -0.161. The Hall–Kier alpha value is -1.36. The van der Waals surface area contributed by atoms with Crippen molar-refractivity contribution in [2.45, 2.75) is 13.0 Å². The Morgan fingerprint density at radius 1 is 1.59 bits per heavy atom. The van der Waals surface area contributed by atoms with Crippen LogP contribution in [-0.2, 0) is 6.54 Å². The van der Waals surface area contributed by atoms with Crippen LogP contribution in [0.4, 0.5) is 0 Å². The van der Waals surface area contributed by atoms with Crippen molar-refractivity contribution in [1.82, 2.24) is 14.7 Å². The second-order valence-corrected chi connectivity index (χ2v) is 4.81. The number of rotatable bonds is 1. The predicted molar refractivity (Wildman–Crippen MR) is 66.1 cm³/mol. The van der Waals surface area contributed by atoms with E-state index in [0.29, 0.717) is 10.7 Å². The molecule has 92 valence electrons. The zero-order valence-corrected chi connectivity index (χ0v) is 11.0. The van der Waals surface area contributed by atoms with Crippen LogP contribution < -0.4 is 0 Å². The summed E-state index contributed by atoms with van der Waals surface area (Å²) in [5.41, 5.74) is 1.15. The number of carbonyl (C=O) groups is 1. The molecule has 0 bridgehead atoms. The predicted octanol–water partition coefficient (Wildman–Crippen LogP) is 0.703. The van der Waals surface area contributed by atoms with Crippen LogP contribution >= 0.6 is 11.6 Å². The summed E-state index contributed by atoms with van der Waals surface area (Å²) in [5, 5.41) is 4.74. The largest absolute Gasteiger partial charge is 0.343 e. The summed E-state index contributed by atoms with van der Waals surface area (Å²) in [7, 11) is 5.38. The average Bonchev–Trinajstić information content (AvgIpc) is 2.47. The van der Waals surface area contributed by atoms with Gasteiger partial charge in [-0.3, -0.25) is 9.48 Å². The number of fused-ring (bicyclic) bond motifs is 1. The van der Waals surface area contributed by atoms with E-state index < -0.39 is 0 Å². The van der Waals surface area contributed by atoms with Gasteiger partial charge in [-0.05, 0) is 0 Å². The van der Waals surface area contributed by atoms with Crippen molar-refractivity contribution < 1.29 is 9.37 Å². The number of hydrogen-bond acceptors (Lipinski definition) is 2. The van der Waals surface area contributed by atoms with Crippen LogP contribution in [0, 0.1) is 0 Å². The Balaban J connectivity index is 2.50. The van der Waals surface area contributed by atoms with Gasteiger partial charge in [-0.15, -0.1) is 0 Å². The molecule has 0 fully saturated rings. The monoisotopic (exact) mass is 255 g/mol. The van der Waals surface area contributed by atoms with E-state index in [1.54, 1.807) is 14.1 Å². The Morgan fingerprint density at radius 2 is 2.29 bits per heavy atom. The van der Waals surface area contributed by atoms with Crippen molar-refractivity contribution in [2.75, 3.05) is 27.7 Å². The topological polar surface area (TPSA) is 41.1 Å². The molecule has 1 aromatic heterocycles. The third-order valence-corrected chi connectivity index (χ3v) is 3.14. The normalized spacial score (nSPS) is 14.9. The van der Waals surface area contributed by atoms with Crippen LogP contribution in [0.15, 0.2) is 0 Å². The van der Waals surface area contributed by atoms with Crippen LogP contribution in [0.3, 0.4) is 0 Å². The van der Waals surface area contributed by atoms with Gasteiger partial charge < -0.3 is 4.90 Å². The first-order chi connectivity index (χ1) is 8.00. The van der Waals surface area contributed by atoms with Gasteiger partial charge in [0.15, 0.2) is 11.9 Å². The fourth-order valence-electron chi connectivity index (χ4n) is 1.84. The maximum absolute atomic E-state index is 11.9. The highest BCUT2D eigenvalue weighted by molar-refractivity contribution is 6.35. The number of carbonyl (C=O) groups excluding carboxylic acids is 1. The molecule has 1 aliphatic heterocycles. The molecule has 17 heavy (non-hydrogen) atoms. The lowest BCUT2D eigenvalue weighted by molar-refractivity contribution is -0.491. The van der Waals surface area contributed by atoms with Gasteiger partial charge in [0, 0.05) is 27.1 Å². The zero-order chi connectivity index (χ0) is 12.6. The van der Waals surface area contributed by atoms with E-state index in [9.17, 15) is 4.79 Å². The molecule has 1 amide bonds. The molecule has 0 saturated carbocycles. The summed E-state index contributed by atoms with van der Waals surface area (Å²) in [6.07, 6.45) is 2.93. The summed E-state index contributed by atoms with van der Waals surface area (Å²) < 4.78 is 3.87. The number of nitrogens with zero attached hydrogens (tertiary/aromatic N) is 4. The number of hydrogen-bond donors (Lipinski definition) is 0. The molecule has 1 aromatic rings. The van der Waals surface area contributed by atoms with Crippen LogP contribution in [0.5, 0.6) is 0 Å². The quantitative estimate of drug-likeness (QED) is 0.694. The molecule has 2 rings (SSSR count). The molecule has 0 aromatic carbocycles. The highest BCUT2D eigenvalue weighted by atomic mass is 35.5.